The Kier molecular flexibility index (Phi) is 4.88. The number of H-pyrrole nitrogens is 1. The Balaban J connectivity index is 1.40. The highest BCUT2D eigenvalue weighted by molar-refractivity contribution is 6.31. The van der Waals surface area contributed by atoms with Gasteiger partial charge in [-0.05, 0) is 46.7 Å². The van der Waals surface area contributed by atoms with E-state index in [2.05, 4.69) is 11.1 Å². The number of benzene rings is 3. The summed E-state index contributed by atoms with van der Waals surface area (Å²) in [6.07, 6.45) is 1.69. The number of halogens is 1. The smallest absolute Gasteiger partial charge is 0.252 e. The van der Waals surface area contributed by atoms with E-state index >= 15 is 0 Å². The molecule has 0 bridgehead atoms. The van der Waals surface area contributed by atoms with Crippen LogP contribution >= 0.6 is 11.6 Å². The van der Waals surface area contributed by atoms with Crippen molar-refractivity contribution in [3.05, 3.63) is 76.4 Å². The Labute approximate surface area is 182 Å². The van der Waals surface area contributed by atoms with Crippen molar-refractivity contribution in [3.63, 3.8) is 0 Å². The standard InChI is InChI=1S/C24H19ClN2O4/c25-17-3-1-14-8-23(19(24(26)29)6-15(14)5-17)31-12-22(28)20-9-27-21-7-13(2-4-18(20)21)16-10-30-11-16/h1-9,16,27H,10-12H2,(H2,26,29). The second-order valence-electron chi connectivity index (χ2n) is 7.66. The lowest BCUT2D eigenvalue weighted by atomic mass is 9.96. The van der Waals surface area contributed by atoms with Crippen LogP contribution in [0.4, 0.5) is 0 Å². The molecule has 0 atom stereocenters. The number of fused-ring (bicyclic) bond motifs is 2. The number of aromatic nitrogens is 1. The molecule has 1 fully saturated rings. The molecule has 1 aliphatic heterocycles. The van der Waals surface area contributed by atoms with Gasteiger partial charge in [0.15, 0.2) is 6.61 Å². The number of aromatic amines is 1. The molecule has 3 N–H and O–H groups in total. The van der Waals surface area contributed by atoms with Gasteiger partial charge in [-0.2, -0.15) is 0 Å². The molecule has 31 heavy (non-hydrogen) atoms. The first-order valence-electron chi connectivity index (χ1n) is 9.87. The largest absolute Gasteiger partial charge is 0.485 e. The van der Waals surface area contributed by atoms with Crippen molar-refractivity contribution in [2.45, 2.75) is 5.92 Å². The first kappa shape index (κ1) is 19.6. The first-order valence-corrected chi connectivity index (χ1v) is 10.3. The van der Waals surface area contributed by atoms with Crippen LogP contribution in [0.1, 0.15) is 32.2 Å². The van der Waals surface area contributed by atoms with E-state index in [0.29, 0.717) is 16.5 Å². The summed E-state index contributed by atoms with van der Waals surface area (Å²) >= 11 is 6.04. The molecule has 0 aliphatic carbocycles. The summed E-state index contributed by atoms with van der Waals surface area (Å²) < 4.78 is 11.0. The first-order chi connectivity index (χ1) is 15.0. The van der Waals surface area contributed by atoms with Gasteiger partial charge in [-0.25, -0.2) is 0 Å². The number of ketones is 1. The minimum absolute atomic E-state index is 0.197. The fourth-order valence-electron chi connectivity index (χ4n) is 3.84. The van der Waals surface area contributed by atoms with Gasteiger partial charge in [0.1, 0.15) is 5.75 Å². The van der Waals surface area contributed by atoms with Gasteiger partial charge in [0.05, 0.1) is 18.8 Å². The third-order valence-electron chi connectivity index (χ3n) is 5.64. The SMILES string of the molecule is NC(=O)c1cc2cc(Cl)ccc2cc1OCC(=O)c1c[nH]c2cc(C3COC3)ccc12. The van der Waals surface area contributed by atoms with E-state index in [1.165, 1.54) is 5.56 Å². The number of rotatable bonds is 6. The van der Waals surface area contributed by atoms with Crippen molar-refractivity contribution < 1.29 is 19.1 Å². The van der Waals surface area contributed by atoms with Gasteiger partial charge in [-0.1, -0.05) is 29.8 Å². The van der Waals surface area contributed by atoms with Gasteiger partial charge in [0.25, 0.3) is 5.91 Å². The highest BCUT2D eigenvalue weighted by Gasteiger charge is 2.22. The van der Waals surface area contributed by atoms with E-state index < -0.39 is 5.91 Å². The number of hydrogen-bond acceptors (Lipinski definition) is 4. The molecule has 1 aliphatic rings. The molecule has 6 nitrogen and oxygen atoms in total. The number of nitrogens with one attached hydrogen (secondary N) is 1. The van der Waals surface area contributed by atoms with E-state index in [1.807, 2.05) is 18.2 Å². The van der Waals surface area contributed by atoms with Gasteiger partial charge in [-0.15, -0.1) is 0 Å². The van der Waals surface area contributed by atoms with Crippen molar-refractivity contribution >= 4 is 45.0 Å². The number of carbonyl (C=O) groups excluding carboxylic acids is 2. The molecule has 3 aromatic carbocycles. The molecule has 4 aromatic rings. The molecule has 0 spiro atoms. The summed E-state index contributed by atoms with van der Waals surface area (Å²) in [6.45, 7) is 1.24. The molecule has 1 amide bonds. The van der Waals surface area contributed by atoms with Gasteiger partial charge < -0.3 is 20.2 Å². The monoisotopic (exact) mass is 434 g/mol. The summed E-state index contributed by atoms with van der Waals surface area (Å²) in [5, 5.41) is 2.99. The quantitative estimate of drug-likeness (QED) is 0.438. The zero-order valence-corrected chi connectivity index (χ0v) is 17.2. The summed E-state index contributed by atoms with van der Waals surface area (Å²) in [5.74, 6) is -0.158. The normalized spacial score (nSPS) is 14.0. The summed E-state index contributed by atoms with van der Waals surface area (Å²) in [4.78, 5) is 28.0. The predicted octanol–water partition coefficient (Wildman–Crippen LogP) is 4.45. The van der Waals surface area contributed by atoms with Gasteiger partial charge in [0.2, 0.25) is 5.78 Å². The Morgan fingerprint density at radius 2 is 1.90 bits per heavy atom. The van der Waals surface area contributed by atoms with Crippen molar-refractivity contribution in [1.29, 1.82) is 0 Å². The Bertz CT molecular complexity index is 1340. The molecule has 1 aromatic heterocycles. The number of amides is 1. The third kappa shape index (κ3) is 3.65. The molecular weight excluding hydrogens is 416 g/mol. The lowest BCUT2D eigenvalue weighted by Gasteiger charge is -2.26. The molecule has 1 saturated heterocycles. The molecular formula is C24H19ClN2O4. The zero-order valence-electron chi connectivity index (χ0n) is 16.5. The lowest BCUT2D eigenvalue weighted by molar-refractivity contribution is 0.00847. The van der Waals surface area contributed by atoms with Gasteiger partial charge in [-0.3, -0.25) is 9.59 Å². The van der Waals surface area contributed by atoms with Crippen LogP contribution in [0.15, 0.2) is 54.7 Å². The maximum atomic E-state index is 12.9. The summed E-state index contributed by atoms with van der Waals surface area (Å²) in [7, 11) is 0. The number of hydrogen-bond donors (Lipinski definition) is 2. The van der Waals surface area contributed by atoms with E-state index in [4.69, 9.17) is 26.8 Å². The zero-order chi connectivity index (χ0) is 21.5. The maximum absolute atomic E-state index is 12.9. The summed E-state index contributed by atoms with van der Waals surface area (Å²) in [5.41, 5.74) is 8.36. The van der Waals surface area contributed by atoms with E-state index in [1.54, 1.807) is 30.5 Å². The molecule has 0 saturated carbocycles. The van der Waals surface area contributed by atoms with Crippen LogP contribution in [0.25, 0.3) is 21.7 Å². The minimum atomic E-state index is -0.635. The van der Waals surface area contributed by atoms with Crippen LogP contribution in [0, 0.1) is 0 Å². The Morgan fingerprint density at radius 1 is 1.06 bits per heavy atom. The van der Waals surface area contributed by atoms with Crippen LogP contribution in [-0.4, -0.2) is 36.5 Å². The van der Waals surface area contributed by atoms with Crippen LogP contribution in [0.5, 0.6) is 5.75 Å². The van der Waals surface area contributed by atoms with Crippen LogP contribution in [0.3, 0.4) is 0 Å². The molecule has 0 unspecified atom stereocenters. The fraction of sp³-hybridized carbons (Fsp3) is 0.167. The molecule has 156 valence electrons. The van der Waals surface area contributed by atoms with Crippen molar-refractivity contribution in [1.82, 2.24) is 4.98 Å². The second kappa shape index (κ2) is 7.72. The number of Topliss-reactive ketones (excluding diaryl/α,β-unsaturated/α-hetero) is 1. The second-order valence-corrected chi connectivity index (χ2v) is 8.09. The van der Waals surface area contributed by atoms with Crippen molar-refractivity contribution in [2.24, 2.45) is 5.73 Å². The van der Waals surface area contributed by atoms with E-state index in [9.17, 15) is 9.59 Å². The third-order valence-corrected chi connectivity index (χ3v) is 5.88. The van der Waals surface area contributed by atoms with E-state index in [0.717, 1.165) is 34.9 Å². The number of primary amides is 1. The summed E-state index contributed by atoms with van der Waals surface area (Å²) in [6, 6.07) is 14.7. The predicted molar refractivity (Wildman–Crippen MR) is 119 cm³/mol. The highest BCUT2D eigenvalue weighted by Crippen LogP contribution is 2.30. The van der Waals surface area contributed by atoms with Gasteiger partial charge in [0, 0.05) is 33.6 Å². The average Bonchev–Trinajstić information content (AvgIpc) is 3.13. The van der Waals surface area contributed by atoms with Crippen LogP contribution in [-0.2, 0) is 4.74 Å². The maximum Gasteiger partial charge on any atom is 0.252 e. The Morgan fingerprint density at radius 3 is 2.65 bits per heavy atom. The van der Waals surface area contributed by atoms with Gasteiger partial charge >= 0.3 is 0 Å². The van der Waals surface area contributed by atoms with Crippen LogP contribution < -0.4 is 10.5 Å². The minimum Gasteiger partial charge on any atom is -0.485 e. The molecule has 0 radical (unpaired) electrons. The van der Waals surface area contributed by atoms with Crippen molar-refractivity contribution in [2.75, 3.05) is 19.8 Å². The Hall–Kier alpha value is -3.35. The highest BCUT2D eigenvalue weighted by atomic mass is 35.5. The van der Waals surface area contributed by atoms with Crippen molar-refractivity contribution in [3.8, 4) is 5.75 Å². The topological polar surface area (TPSA) is 94.4 Å². The van der Waals surface area contributed by atoms with E-state index in [-0.39, 0.29) is 23.7 Å². The van der Waals surface area contributed by atoms with Crippen LogP contribution in [0.2, 0.25) is 5.02 Å². The number of carbonyl (C=O) groups is 2. The molecule has 2 heterocycles. The number of ether oxygens (including phenoxy) is 2. The molecule has 7 heteroatoms. The lowest BCUT2D eigenvalue weighted by Crippen LogP contribution is -2.24. The molecule has 5 rings (SSSR count). The fourth-order valence-corrected chi connectivity index (χ4v) is 4.02. The number of nitrogens with two attached hydrogens (primary N) is 1. The average molecular weight is 435 g/mol.